The second kappa shape index (κ2) is 5.79. The highest BCUT2D eigenvalue weighted by molar-refractivity contribution is 7.87. The van der Waals surface area contributed by atoms with Crippen molar-refractivity contribution in [3.8, 4) is 0 Å². The molecule has 0 aromatic heterocycles. The van der Waals surface area contributed by atoms with Crippen LogP contribution >= 0.6 is 0 Å². The Morgan fingerprint density at radius 1 is 1.29 bits per heavy atom. The molecule has 0 aromatic rings. The fourth-order valence-electron chi connectivity index (χ4n) is 1.25. The molecule has 0 aliphatic heterocycles. The molecule has 0 amide bonds. The van der Waals surface area contributed by atoms with Gasteiger partial charge < -0.3 is 5.11 Å². The van der Waals surface area contributed by atoms with Crippen LogP contribution in [0.25, 0.3) is 0 Å². The maximum Gasteiger partial charge on any atom is 0.308 e. The second-order valence-corrected chi connectivity index (χ2v) is 6.89. The van der Waals surface area contributed by atoms with Gasteiger partial charge in [0, 0.05) is 12.1 Å². The maximum atomic E-state index is 11.6. The zero-order chi connectivity index (χ0) is 13.9. The molecular formula is C10H22N2O4S. The van der Waals surface area contributed by atoms with Crippen LogP contribution in [0.5, 0.6) is 0 Å². The van der Waals surface area contributed by atoms with Crippen molar-refractivity contribution in [3.63, 3.8) is 0 Å². The van der Waals surface area contributed by atoms with E-state index in [2.05, 4.69) is 9.44 Å². The molecule has 102 valence electrons. The predicted molar refractivity (Wildman–Crippen MR) is 65.8 cm³/mol. The largest absolute Gasteiger partial charge is 0.481 e. The number of carboxylic acid groups (broad SMARTS) is 1. The van der Waals surface area contributed by atoms with Crippen LogP contribution in [0.3, 0.4) is 0 Å². The first kappa shape index (κ1) is 16.3. The molecule has 0 aliphatic rings. The van der Waals surface area contributed by atoms with E-state index >= 15 is 0 Å². The van der Waals surface area contributed by atoms with Gasteiger partial charge in [-0.25, -0.2) is 4.72 Å². The molecule has 6 nitrogen and oxygen atoms in total. The molecule has 17 heavy (non-hydrogen) atoms. The average Bonchev–Trinajstić information content (AvgIpc) is 1.96. The third-order valence-corrected chi connectivity index (χ3v) is 3.48. The van der Waals surface area contributed by atoms with E-state index in [0.717, 1.165) is 0 Å². The van der Waals surface area contributed by atoms with Crippen LogP contribution in [0.4, 0.5) is 0 Å². The van der Waals surface area contributed by atoms with E-state index in [1.807, 2.05) is 0 Å². The first-order valence-electron chi connectivity index (χ1n) is 5.46. The number of carboxylic acids is 1. The number of nitrogens with one attached hydrogen (secondary N) is 2. The molecule has 0 heterocycles. The molecule has 0 fully saturated rings. The van der Waals surface area contributed by atoms with Gasteiger partial charge in [0.2, 0.25) is 0 Å². The summed E-state index contributed by atoms with van der Waals surface area (Å²) < 4.78 is 27.8. The highest BCUT2D eigenvalue weighted by Gasteiger charge is 2.25. The predicted octanol–water partition coefficient (Wildman–Crippen LogP) is 0.566. The monoisotopic (exact) mass is 266 g/mol. The first-order chi connectivity index (χ1) is 7.44. The molecule has 1 atom stereocenters. The SMILES string of the molecule is CC(C)C(CNS(=O)(=O)NC(C)(C)C)C(=O)O. The molecule has 0 radical (unpaired) electrons. The lowest BCUT2D eigenvalue weighted by atomic mass is 9.97. The summed E-state index contributed by atoms with van der Waals surface area (Å²) in [7, 11) is -3.66. The lowest BCUT2D eigenvalue weighted by Crippen LogP contribution is -2.48. The molecule has 3 N–H and O–H groups in total. The topological polar surface area (TPSA) is 95.5 Å². The molecule has 0 aliphatic carbocycles. The van der Waals surface area contributed by atoms with Gasteiger partial charge in [0.05, 0.1) is 5.92 Å². The van der Waals surface area contributed by atoms with E-state index in [9.17, 15) is 13.2 Å². The van der Waals surface area contributed by atoms with Crippen LogP contribution in [0.15, 0.2) is 0 Å². The Morgan fingerprint density at radius 2 is 1.76 bits per heavy atom. The zero-order valence-corrected chi connectivity index (χ0v) is 11.8. The summed E-state index contributed by atoms with van der Waals surface area (Å²) in [6, 6.07) is 0. The average molecular weight is 266 g/mol. The number of hydrogen-bond acceptors (Lipinski definition) is 3. The van der Waals surface area contributed by atoms with Gasteiger partial charge >= 0.3 is 5.97 Å². The van der Waals surface area contributed by atoms with Crippen LogP contribution in [0.2, 0.25) is 0 Å². The van der Waals surface area contributed by atoms with Crippen molar-refractivity contribution in [3.05, 3.63) is 0 Å². The lowest BCUT2D eigenvalue weighted by Gasteiger charge is -2.22. The maximum absolute atomic E-state index is 11.6. The Hall–Kier alpha value is -0.660. The summed E-state index contributed by atoms with van der Waals surface area (Å²) in [5, 5.41) is 8.92. The minimum Gasteiger partial charge on any atom is -0.481 e. The second-order valence-electron chi connectivity index (χ2n) is 5.39. The smallest absolute Gasteiger partial charge is 0.308 e. The number of aliphatic carboxylic acids is 1. The van der Waals surface area contributed by atoms with E-state index < -0.39 is 27.6 Å². The molecular weight excluding hydrogens is 244 g/mol. The van der Waals surface area contributed by atoms with Gasteiger partial charge in [-0.3, -0.25) is 4.79 Å². The van der Waals surface area contributed by atoms with E-state index in [0.29, 0.717) is 0 Å². The van der Waals surface area contributed by atoms with Crippen LogP contribution < -0.4 is 9.44 Å². The fraction of sp³-hybridized carbons (Fsp3) is 0.900. The summed E-state index contributed by atoms with van der Waals surface area (Å²) >= 11 is 0. The molecule has 1 unspecified atom stereocenters. The molecule has 0 rings (SSSR count). The van der Waals surface area contributed by atoms with Gasteiger partial charge in [-0.2, -0.15) is 13.1 Å². The molecule has 0 spiro atoms. The summed E-state index contributed by atoms with van der Waals surface area (Å²) in [5.41, 5.74) is -0.595. The Bertz CT molecular complexity index is 357. The summed E-state index contributed by atoms with van der Waals surface area (Å²) in [6.45, 7) is 8.50. The number of carbonyl (C=O) groups is 1. The molecule has 0 saturated carbocycles. The number of hydrogen-bond donors (Lipinski definition) is 3. The minimum atomic E-state index is -3.66. The quantitative estimate of drug-likeness (QED) is 0.655. The molecule has 7 heteroatoms. The van der Waals surface area contributed by atoms with Crippen molar-refractivity contribution < 1.29 is 18.3 Å². The van der Waals surface area contributed by atoms with Crippen molar-refractivity contribution in [2.75, 3.05) is 6.54 Å². The van der Waals surface area contributed by atoms with Gasteiger partial charge in [0.25, 0.3) is 10.2 Å². The molecule has 0 aromatic carbocycles. The van der Waals surface area contributed by atoms with E-state index in [1.54, 1.807) is 34.6 Å². The van der Waals surface area contributed by atoms with E-state index in [-0.39, 0.29) is 12.5 Å². The van der Waals surface area contributed by atoms with Gasteiger partial charge in [-0.05, 0) is 26.7 Å². The van der Waals surface area contributed by atoms with Gasteiger partial charge in [-0.15, -0.1) is 0 Å². The van der Waals surface area contributed by atoms with E-state index in [4.69, 9.17) is 5.11 Å². The minimum absolute atomic E-state index is 0.113. The van der Waals surface area contributed by atoms with Crippen LogP contribution in [-0.2, 0) is 15.0 Å². The number of rotatable bonds is 6. The Kier molecular flexibility index (Phi) is 5.57. The Balaban J connectivity index is 4.50. The Labute approximate surface area is 103 Å². The normalized spacial score (nSPS) is 14.9. The van der Waals surface area contributed by atoms with Crippen LogP contribution in [0.1, 0.15) is 34.6 Å². The van der Waals surface area contributed by atoms with Crippen LogP contribution in [-0.4, -0.2) is 31.6 Å². The standard InChI is InChI=1S/C10H22N2O4S/c1-7(2)8(9(13)14)6-11-17(15,16)12-10(3,4)5/h7-8,11-12H,6H2,1-5H3,(H,13,14). The zero-order valence-electron chi connectivity index (χ0n) is 10.9. The molecule has 0 saturated heterocycles. The lowest BCUT2D eigenvalue weighted by molar-refractivity contribution is -0.142. The van der Waals surface area contributed by atoms with Crippen LogP contribution in [0, 0.1) is 11.8 Å². The third-order valence-electron chi connectivity index (χ3n) is 2.06. The third kappa shape index (κ3) is 7.30. The highest BCUT2D eigenvalue weighted by atomic mass is 32.2. The first-order valence-corrected chi connectivity index (χ1v) is 6.94. The van der Waals surface area contributed by atoms with Crippen molar-refractivity contribution in [1.82, 2.24) is 9.44 Å². The van der Waals surface area contributed by atoms with Gasteiger partial charge in [0.1, 0.15) is 0 Å². The van der Waals surface area contributed by atoms with E-state index in [1.165, 1.54) is 0 Å². The Morgan fingerprint density at radius 3 is 2.06 bits per heavy atom. The van der Waals surface area contributed by atoms with Crippen molar-refractivity contribution in [1.29, 1.82) is 0 Å². The van der Waals surface area contributed by atoms with Crippen molar-refractivity contribution in [2.24, 2.45) is 11.8 Å². The molecule has 0 bridgehead atoms. The highest BCUT2D eigenvalue weighted by Crippen LogP contribution is 2.10. The summed E-state index contributed by atoms with van der Waals surface area (Å²) in [5.74, 6) is -1.87. The van der Waals surface area contributed by atoms with Gasteiger partial charge in [-0.1, -0.05) is 13.8 Å². The summed E-state index contributed by atoms with van der Waals surface area (Å²) in [6.07, 6.45) is 0. The van der Waals surface area contributed by atoms with Gasteiger partial charge in [0.15, 0.2) is 0 Å². The van der Waals surface area contributed by atoms with Crippen molar-refractivity contribution >= 4 is 16.2 Å². The summed E-state index contributed by atoms with van der Waals surface area (Å²) in [4.78, 5) is 10.9. The fourth-order valence-corrected chi connectivity index (χ4v) is 2.52. The van der Waals surface area contributed by atoms with Crippen molar-refractivity contribution in [2.45, 2.75) is 40.2 Å².